The molecule has 5 nitrogen and oxygen atoms in total. The van der Waals surface area contributed by atoms with Crippen molar-refractivity contribution in [3.63, 3.8) is 0 Å². The predicted octanol–water partition coefficient (Wildman–Crippen LogP) is 4.38. The molecule has 4 rings (SSSR count). The second kappa shape index (κ2) is 8.39. The maximum absolute atomic E-state index is 12.2. The Labute approximate surface area is 163 Å². The summed E-state index contributed by atoms with van der Waals surface area (Å²) < 4.78 is 11.4. The van der Waals surface area contributed by atoms with Gasteiger partial charge in [0, 0.05) is 24.9 Å². The first-order valence-electron chi connectivity index (χ1n) is 9.16. The molecule has 2 aromatic heterocycles. The Balaban J connectivity index is 1.30. The van der Waals surface area contributed by atoms with E-state index in [0.29, 0.717) is 18.7 Å². The van der Waals surface area contributed by atoms with E-state index in [-0.39, 0.29) is 18.3 Å². The van der Waals surface area contributed by atoms with E-state index in [1.54, 1.807) is 18.3 Å². The second-order valence-corrected chi connectivity index (χ2v) is 6.39. The van der Waals surface area contributed by atoms with Crippen LogP contribution in [0.5, 0.6) is 5.75 Å². The highest BCUT2D eigenvalue weighted by Gasteiger charge is 2.11. The number of rotatable bonds is 7. The Hall–Kier alpha value is -3.60. The lowest BCUT2D eigenvalue weighted by Gasteiger charge is -2.06. The number of amides is 1. The fraction of sp³-hybridized carbons (Fsp3) is 0.130. The molecule has 1 N–H and O–H groups in total. The summed E-state index contributed by atoms with van der Waals surface area (Å²) in [5.41, 5.74) is 0.937. The van der Waals surface area contributed by atoms with E-state index in [1.807, 2.05) is 54.6 Å². The third-order valence-corrected chi connectivity index (χ3v) is 4.38. The zero-order valence-electron chi connectivity index (χ0n) is 15.3. The molecule has 2 aromatic carbocycles. The van der Waals surface area contributed by atoms with E-state index in [2.05, 4.69) is 16.4 Å². The van der Waals surface area contributed by atoms with Crippen molar-refractivity contribution in [2.75, 3.05) is 6.54 Å². The zero-order chi connectivity index (χ0) is 19.2. The molecule has 2 heterocycles. The Bertz CT molecular complexity index is 1070. The molecule has 0 unspecified atom stereocenters. The van der Waals surface area contributed by atoms with Crippen molar-refractivity contribution in [2.45, 2.75) is 13.0 Å². The molecule has 0 aliphatic rings. The van der Waals surface area contributed by atoms with Crippen molar-refractivity contribution >= 4 is 16.7 Å². The van der Waals surface area contributed by atoms with E-state index in [9.17, 15) is 4.79 Å². The Kier molecular flexibility index (Phi) is 5.33. The third kappa shape index (κ3) is 4.38. The van der Waals surface area contributed by atoms with Gasteiger partial charge in [-0.15, -0.1) is 0 Å². The summed E-state index contributed by atoms with van der Waals surface area (Å²) in [6.45, 7) is 0.763. The van der Waals surface area contributed by atoms with Crippen LogP contribution in [0.4, 0.5) is 0 Å². The molecule has 140 valence electrons. The van der Waals surface area contributed by atoms with Crippen molar-refractivity contribution in [2.24, 2.45) is 0 Å². The molecule has 28 heavy (non-hydrogen) atoms. The van der Waals surface area contributed by atoms with Crippen LogP contribution in [0.25, 0.3) is 10.8 Å². The highest BCUT2D eigenvalue weighted by Crippen LogP contribution is 2.21. The standard InChI is InChI=1S/C23H20N2O3/c26-23(25-14-12-19-7-3-4-13-24-19)22-11-10-21(28-22)16-27-20-9-8-17-5-1-2-6-18(17)15-20/h1-11,13,15H,12,14,16H2,(H,25,26). The Morgan fingerprint density at radius 1 is 0.964 bits per heavy atom. The van der Waals surface area contributed by atoms with Crippen molar-refractivity contribution < 1.29 is 13.9 Å². The maximum atomic E-state index is 12.2. The van der Waals surface area contributed by atoms with Crippen molar-refractivity contribution in [3.8, 4) is 5.75 Å². The van der Waals surface area contributed by atoms with Crippen LogP contribution < -0.4 is 10.1 Å². The van der Waals surface area contributed by atoms with E-state index in [1.165, 1.54) is 0 Å². The first-order chi connectivity index (χ1) is 13.8. The molecular weight excluding hydrogens is 352 g/mol. The normalized spacial score (nSPS) is 10.7. The summed E-state index contributed by atoms with van der Waals surface area (Å²) in [6.07, 6.45) is 2.41. The molecule has 1 amide bonds. The average molecular weight is 372 g/mol. The smallest absolute Gasteiger partial charge is 0.287 e. The SMILES string of the molecule is O=C(NCCc1ccccn1)c1ccc(COc2ccc3ccccc3c2)o1. The van der Waals surface area contributed by atoms with Crippen LogP contribution in [-0.2, 0) is 13.0 Å². The lowest BCUT2D eigenvalue weighted by atomic mass is 10.1. The molecule has 0 saturated carbocycles. The van der Waals surface area contributed by atoms with Gasteiger partial charge in [0.2, 0.25) is 0 Å². The average Bonchev–Trinajstić information content (AvgIpc) is 3.22. The number of fused-ring (bicyclic) bond motifs is 1. The van der Waals surface area contributed by atoms with Gasteiger partial charge in [0.15, 0.2) is 5.76 Å². The molecule has 0 fully saturated rings. The van der Waals surface area contributed by atoms with Crippen LogP contribution in [0.15, 0.2) is 83.4 Å². The van der Waals surface area contributed by atoms with Gasteiger partial charge in [-0.1, -0.05) is 36.4 Å². The summed E-state index contributed by atoms with van der Waals surface area (Å²) >= 11 is 0. The first-order valence-corrected chi connectivity index (χ1v) is 9.16. The molecule has 4 aromatic rings. The fourth-order valence-corrected chi connectivity index (χ4v) is 2.93. The minimum atomic E-state index is -0.243. The van der Waals surface area contributed by atoms with Gasteiger partial charge in [-0.25, -0.2) is 0 Å². The van der Waals surface area contributed by atoms with Crippen LogP contribution in [0, 0.1) is 0 Å². The maximum Gasteiger partial charge on any atom is 0.287 e. The van der Waals surface area contributed by atoms with Crippen LogP contribution in [-0.4, -0.2) is 17.4 Å². The number of carbonyl (C=O) groups excluding carboxylic acids is 1. The van der Waals surface area contributed by atoms with E-state index < -0.39 is 0 Å². The van der Waals surface area contributed by atoms with Crippen molar-refractivity contribution in [1.29, 1.82) is 0 Å². The van der Waals surface area contributed by atoms with Gasteiger partial charge >= 0.3 is 0 Å². The Morgan fingerprint density at radius 3 is 2.68 bits per heavy atom. The number of pyridine rings is 1. The monoisotopic (exact) mass is 372 g/mol. The number of carbonyl (C=O) groups is 1. The minimum absolute atomic E-state index is 0.243. The molecule has 0 bridgehead atoms. The van der Waals surface area contributed by atoms with Crippen molar-refractivity contribution in [3.05, 3.63) is 96.2 Å². The number of hydrogen-bond acceptors (Lipinski definition) is 4. The number of nitrogens with zero attached hydrogens (tertiary/aromatic N) is 1. The van der Waals surface area contributed by atoms with Gasteiger partial charge in [-0.2, -0.15) is 0 Å². The van der Waals surface area contributed by atoms with E-state index >= 15 is 0 Å². The number of nitrogens with one attached hydrogen (secondary N) is 1. The number of hydrogen-bond donors (Lipinski definition) is 1. The number of benzene rings is 2. The highest BCUT2D eigenvalue weighted by atomic mass is 16.5. The molecule has 0 spiro atoms. The van der Waals surface area contributed by atoms with Crippen LogP contribution in [0.1, 0.15) is 22.0 Å². The van der Waals surface area contributed by atoms with Gasteiger partial charge in [0.25, 0.3) is 5.91 Å². The topological polar surface area (TPSA) is 64.4 Å². The molecule has 0 radical (unpaired) electrons. The third-order valence-electron chi connectivity index (χ3n) is 4.38. The highest BCUT2D eigenvalue weighted by molar-refractivity contribution is 5.91. The molecule has 0 aliphatic heterocycles. The molecule has 0 saturated heterocycles. The van der Waals surface area contributed by atoms with Crippen molar-refractivity contribution in [1.82, 2.24) is 10.3 Å². The fourth-order valence-electron chi connectivity index (χ4n) is 2.93. The predicted molar refractivity (Wildman–Crippen MR) is 107 cm³/mol. The Morgan fingerprint density at radius 2 is 1.82 bits per heavy atom. The summed E-state index contributed by atoms with van der Waals surface area (Å²) in [5, 5.41) is 5.12. The molecule has 0 aliphatic carbocycles. The quantitative estimate of drug-likeness (QED) is 0.523. The van der Waals surface area contributed by atoms with Gasteiger partial charge in [-0.3, -0.25) is 9.78 Å². The summed E-state index contributed by atoms with van der Waals surface area (Å²) in [4.78, 5) is 16.4. The zero-order valence-corrected chi connectivity index (χ0v) is 15.3. The summed E-state index contributed by atoms with van der Waals surface area (Å²) in [6, 6.07) is 23.2. The van der Waals surface area contributed by atoms with Crippen LogP contribution in [0.2, 0.25) is 0 Å². The minimum Gasteiger partial charge on any atom is -0.486 e. The summed E-state index contributed by atoms with van der Waals surface area (Å²) in [5.74, 6) is 1.39. The number of furan rings is 1. The largest absolute Gasteiger partial charge is 0.486 e. The molecule has 5 heteroatoms. The molecule has 0 atom stereocenters. The summed E-state index contributed by atoms with van der Waals surface area (Å²) in [7, 11) is 0. The van der Waals surface area contributed by atoms with Crippen LogP contribution >= 0.6 is 0 Å². The lowest BCUT2D eigenvalue weighted by Crippen LogP contribution is -2.25. The van der Waals surface area contributed by atoms with E-state index in [4.69, 9.17) is 9.15 Å². The molecular formula is C23H20N2O3. The van der Waals surface area contributed by atoms with Crippen LogP contribution in [0.3, 0.4) is 0 Å². The number of ether oxygens (including phenoxy) is 1. The lowest BCUT2D eigenvalue weighted by molar-refractivity contribution is 0.0922. The van der Waals surface area contributed by atoms with E-state index in [0.717, 1.165) is 22.2 Å². The second-order valence-electron chi connectivity index (χ2n) is 6.39. The number of aromatic nitrogens is 1. The first kappa shape index (κ1) is 17.8. The van der Waals surface area contributed by atoms with Gasteiger partial charge in [0.05, 0.1) is 0 Å². The van der Waals surface area contributed by atoms with Gasteiger partial charge < -0.3 is 14.5 Å². The van der Waals surface area contributed by atoms with Gasteiger partial charge in [0.1, 0.15) is 18.1 Å². The van der Waals surface area contributed by atoms with Gasteiger partial charge in [-0.05, 0) is 47.2 Å².